The third-order valence-corrected chi connectivity index (χ3v) is 3.27. The monoisotopic (exact) mass is 286 g/mol. The van der Waals surface area contributed by atoms with Crippen LogP contribution in [0.3, 0.4) is 0 Å². The zero-order chi connectivity index (χ0) is 14.9. The van der Waals surface area contributed by atoms with Crippen LogP contribution < -0.4 is 4.74 Å². The fourth-order valence-electron chi connectivity index (χ4n) is 2.17. The second kappa shape index (κ2) is 5.52. The van der Waals surface area contributed by atoms with Crippen molar-refractivity contribution >= 4 is 11.6 Å². The number of rotatable bonds is 2. The lowest BCUT2D eigenvalue weighted by Crippen LogP contribution is -1.99. The molecule has 0 radical (unpaired) electrons. The molecule has 0 aliphatic carbocycles. The SMILES string of the molecule is Cc1cc(C)c(C#N)c(Oc2c(C)cc(Cl)cc2C)n1. The van der Waals surface area contributed by atoms with Gasteiger partial charge in [0.2, 0.25) is 5.88 Å². The lowest BCUT2D eigenvalue weighted by Gasteiger charge is -2.13. The molecule has 0 unspecified atom stereocenters. The van der Waals surface area contributed by atoms with E-state index >= 15 is 0 Å². The van der Waals surface area contributed by atoms with Crippen LogP contribution in [0.1, 0.15) is 27.9 Å². The average Bonchev–Trinajstić information content (AvgIpc) is 2.33. The van der Waals surface area contributed by atoms with Gasteiger partial charge in [0.05, 0.1) is 0 Å². The van der Waals surface area contributed by atoms with Crippen LogP contribution >= 0.6 is 11.6 Å². The van der Waals surface area contributed by atoms with Crippen molar-refractivity contribution < 1.29 is 4.74 Å². The van der Waals surface area contributed by atoms with Crippen molar-refractivity contribution in [2.45, 2.75) is 27.7 Å². The van der Waals surface area contributed by atoms with Gasteiger partial charge in [-0.1, -0.05) is 11.6 Å². The van der Waals surface area contributed by atoms with Crippen LogP contribution in [0, 0.1) is 39.0 Å². The van der Waals surface area contributed by atoms with E-state index in [4.69, 9.17) is 16.3 Å². The summed E-state index contributed by atoms with van der Waals surface area (Å²) >= 11 is 6.01. The third kappa shape index (κ3) is 2.76. The quantitative estimate of drug-likeness (QED) is 0.808. The van der Waals surface area contributed by atoms with Gasteiger partial charge in [0.25, 0.3) is 0 Å². The maximum atomic E-state index is 9.26. The van der Waals surface area contributed by atoms with Gasteiger partial charge in [0.15, 0.2) is 0 Å². The van der Waals surface area contributed by atoms with Crippen molar-refractivity contribution in [3.63, 3.8) is 0 Å². The van der Waals surface area contributed by atoms with E-state index in [2.05, 4.69) is 11.1 Å². The van der Waals surface area contributed by atoms with Crippen LogP contribution in [0.2, 0.25) is 5.02 Å². The maximum Gasteiger partial charge on any atom is 0.237 e. The predicted molar refractivity (Wildman–Crippen MR) is 79.4 cm³/mol. The number of aryl methyl sites for hydroxylation is 4. The van der Waals surface area contributed by atoms with Crippen molar-refractivity contribution in [3.05, 3.63) is 51.2 Å². The average molecular weight is 287 g/mol. The molecule has 2 aromatic rings. The van der Waals surface area contributed by atoms with E-state index in [1.54, 1.807) is 0 Å². The first-order chi connectivity index (χ1) is 9.42. The van der Waals surface area contributed by atoms with Crippen LogP contribution in [0.4, 0.5) is 0 Å². The molecule has 0 aliphatic heterocycles. The fraction of sp³-hybridized carbons (Fsp3) is 0.250. The van der Waals surface area contributed by atoms with Crippen LogP contribution in [-0.4, -0.2) is 4.98 Å². The first-order valence-corrected chi connectivity index (χ1v) is 6.63. The molecule has 0 saturated heterocycles. The van der Waals surface area contributed by atoms with E-state index < -0.39 is 0 Å². The van der Waals surface area contributed by atoms with Crippen LogP contribution in [0.15, 0.2) is 18.2 Å². The zero-order valence-electron chi connectivity index (χ0n) is 11.9. The first-order valence-electron chi connectivity index (χ1n) is 6.25. The summed E-state index contributed by atoms with van der Waals surface area (Å²) < 4.78 is 5.89. The summed E-state index contributed by atoms with van der Waals surface area (Å²) in [5, 5.41) is 9.93. The fourth-order valence-corrected chi connectivity index (χ4v) is 2.49. The number of nitriles is 1. The molecule has 2 rings (SSSR count). The molecule has 1 aromatic carbocycles. The number of aromatic nitrogens is 1. The summed E-state index contributed by atoms with van der Waals surface area (Å²) in [7, 11) is 0. The lowest BCUT2D eigenvalue weighted by atomic mass is 10.1. The Labute approximate surface area is 123 Å². The standard InChI is InChI=1S/C16H15ClN2O/c1-9-5-12(4)19-16(14(9)8-18)20-15-10(2)6-13(17)7-11(15)3/h5-7H,1-4H3. The molecule has 0 bridgehead atoms. The van der Waals surface area contributed by atoms with Gasteiger partial charge in [-0.2, -0.15) is 5.26 Å². The summed E-state index contributed by atoms with van der Waals surface area (Å²) in [6, 6.07) is 7.68. The Balaban J connectivity index is 2.54. The Morgan fingerprint density at radius 3 is 2.20 bits per heavy atom. The van der Waals surface area contributed by atoms with Gasteiger partial charge in [0, 0.05) is 10.7 Å². The van der Waals surface area contributed by atoms with Gasteiger partial charge < -0.3 is 4.74 Å². The Morgan fingerprint density at radius 1 is 1.05 bits per heavy atom. The molecule has 0 aliphatic rings. The normalized spacial score (nSPS) is 10.2. The third-order valence-electron chi connectivity index (χ3n) is 3.05. The van der Waals surface area contributed by atoms with Gasteiger partial charge in [-0.3, -0.25) is 0 Å². The number of hydrogen-bond donors (Lipinski definition) is 0. The summed E-state index contributed by atoms with van der Waals surface area (Å²) in [4.78, 5) is 4.33. The summed E-state index contributed by atoms with van der Waals surface area (Å²) in [5.41, 5.74) is 3.98. The number of hydrogen-bond acceptors (Lipinski definition) is 3. The van der Waals surface area contributed by atoms with E-state index in [0.29, 0.717) is 22.2 Å². The first kappa shape index (κ1) is 14.4. The summed E-state index contributed by atoms with van der Waals surface area (Å²) in [6.45, 7) is 7.59. The maximum absolute atomic E-state index is 9.26. The van der Waals surface area contributed by atoms with Gasteiger partial charge in [-0.15, -0.1) is 0 Å². The number of ether oxygens (including phenoxy) is 1. The second-order valence-corrected chi connectivity index (χ2v) is 5.28. The Morgan fingerprint density at radius 2 is 1.65 bits per heavy atom. The van der Waals surface area contributed by atoms with Gasteiger partial charge >= 0.3 is 0 Å². The number of halogens is 1. The Hall–Kier alpha value is -2.05. The minimum Gasteiger partial charge on any atom is -0.437 e. The van der Waals surface area contributed by atoms with Crippen molar-refractivity contribution in [1.29, 1.82) is 5.26 Å². The predicted octanol–water partition coefficient (Wildman–Crippen LogP) is 4.63. The van der Waals surface area contributed by atoms with Crippen molar-refractivity contribution in [1.82, 2.24) is 4.98 Å². The minimum atomic E-state index is 0.346. The van der Waals surface area contributed by atoms with E-state index in [1.807, 2.05) is 45.9 Å². The highest BCUT2D eigenvalue weighted by Crippen LogP contribution is 2.32. The van der Waals surface area contributed by atoms with Crippen LogP contribution in [-0.2, 0) is 0 Å². The van der Waals surface area contributed by atoms with Crippen molar-refractivity contribution in [3.8, 4) is 17.7 Å². The highest BCUT2D eigenvalue weighted by molar-refractivity contribution is 6.30. The van der Waals surface area contributed by atoms with Gasteiger partial charge in [-0.25, -0.2) is 4.98 Å². The number of pyridine rings is 1. The highest BCUT2D eigenvalue weighted by Gasteiger charge is 2.14. The summed E-state index contributed by atoms with van der Waals surface area (Å²) in [5.74, 6) is 1.04. The van der Waals surface area contributed by atoms with E-state index in [-0.39, 0.29) is 0 Å². The Kier molecular flexibility index (Phi) is 3.96. The van der Waals surface area contributed by atoms with E-state index in [9.17, 15) is 5.26 Å². The minimum absolute atomic E-state index is 0.346. The molecule has 0 fully saturated rings. The molecule has 0 atom stereocenters. The van der Waals surface area contributed by atoms with Crippen molar-refractivity contribution in [2.75, 3.05) is 0 Å². The van der Waals surface area contributed by atoms with Crippen LogP contribution in [0.25, 0.3) is 0 Å². The number of benzene rings is 1. The molecule has 0 amide bonds. The van der Waals surface area contributed by atoms with Crippen molar-refractivity contribution in [2.24, 2.45) is 0 Å². The number of nitrogens with zero attached hydrogens (tertiary/aromatic N) is 2. The highest BCUT2D eigenvalue weighted by atomic mass is 35.5. The molecule has 3 nitrogen and oxygen atoms in total. The van der Waals surface area contributed by atoms with Crippen LogP contribution in [0.5, 0.6) is 11.6 Å². The molecule has 1 aromatic heterocycles. The molecule has 20 heavy (non-hydrogen) atoms. The largest absolute Gasteiger partial charge is 0.437 e. The molecule has 1 heterocycles. The summed E-state index contributed by atoms with van der Waals surface area (Å²) in [6.07, 6.45) is 0. The molecule has 4 heteroatoms. The molecule has 0 N–H and O–H groups in total. The second-order valence-electron chi connectivity index (χ2n) is 4.84. The smallest absolute Gasteiger partial charge is 0.237 e. The van der Waals surface area contributed by atoms with E-state index in [0.717, 1.165) is 22.4 Å². The van der Waals surface area contributed by atoms with Gasteiger partial charge in [-0.05, 0) is 62.6 Å². The molecular formula is C16H15ClN2O. The Bertz CT molecular complexity index is 694. The van der Waals surface area contributed by atoms with Gasteiger partial charge in [0.1, 0.15) is 17.4 Å². The lowest BCUT2D eigenvalue weighted by molar-refractivity contribution is 0.452. The zero-order valence-corrected chi connectivity index (χ0v) is 12.7. The molecule has 0 saturated carbocycles. The molecular weight excluding hydrogens is 272 g/mol. The van der Waals surface area contributed by atoms with E-state index in [1.165, 1.54) is 0 Å². The topological polar surface area (TPSA) is 45.9 Å². The molecule has 102 valence electrons. The molecule has 0 spiro atoms.